The molecule has 114 valence electrons. The van der Waals surface area contributed by atoms with Crippen LogP contribution in [0.25, 0.3) is 11.4 Å². The van der Waals surface area contributed by atoms with Gasteiger partial charge in [-0.3, -0.25) is 5.10 Å². The van der Waals surface area contributed by atoms with E-state index in [1.165, 1.54) is 12.8 Å². The van der Waals surface area contributed by atoms with E-state index in [1.807, 2.05) is 29.2 Å². The van der Waals surface area contributed by atoms with Gasteiger partial charge in [0.1, 0.15) is 5.82 Å². The largest absolute Gasteiger partial charge is 0.325 e. The van der Waals surface area contributed by atoms with Gasteiger partial charge >= 0.3 is 6.03 Å². The minimum Gasteiger partial charge on any atom is -0.325 e. The molecule has 0 bridgehead atoms. The molecular weight excluding hydrogens is 278 g/mol. The molecule has 2 aromatic rings. The fourth-order valence-corrected chi connectivity index (χ4v) is 2.77. The Morgan fingerprint density at radius 3 is 2.59 bits per heavy atom. The molecule has 1 saturated carbocycles. The molecule has 22 heavy (non-hydrogen) atoms. The number of hydrogen-bond acceptors (Lipinski definition) is 3. The molecule has 0 unspecified atom stereocenters. The predicted octanol–water partition coefficient (Wildman–Crippen LogP) is 2.98. The summed E-state index contributed by atoms with van der Waals surface area (Å²) in [6.45, 7) is 1.70. The molecule has 6 heteroatoms. The lowest BCUT2D eigenvalue weighted by molar-refractivity contribution is 0.222. The average molecular weight is 297 g/mol. The summed E-state index contributed by atoms with van der Waals surface area (Å²) in [7, 11) is 0. The second-order valence-electron chi connectivity index (χ2n) is 6.02. The van der Waals surface area contributed by atoms with Crippen molar-refractivity contribution in [1.82, 2.24) is 20.1 Å². The lowest BCUT2D eigenvalue weighted by Gasteiger charge is -2.16. The maximum atomic E-state index is 12.0. The second-order valence-corrected chi connectivity index (χ2v) is 6.02. The van der Waals surface area contributed by atoms with Crippen LogP contribution < -0.4 is 5.32 Å². The Kier molecular flexibility index (Phi) is 3.29. The van der Waals surface area contributed by atoms with Crippen molar-refractivity contribution in [2.45, 2.75) is 31.6 Å². The van der Waals surface area contributed by atoms with Gasteiger partial charge in [0.05, 0.1) is 0 Å². The van der Waals surface area contributed by atoms with Crippen molar-refractivity contribution in [3.05, 3.63) is 30.1 Å². The number of carbonyl (C=O) groups excluding carboxylic acids is 1. The maximum Gasteiger partial charge on any atom is 0.321 e. The van der Waals surface area contributed by atoms with Crippen molar-refractivity contribution in [3.63, 3.8) is 0 Å². The highest BCUT2D eigenvalue weighted by Gasteiger charge is 2.27. The summed E-state index contributed by atoms with van der Waals surface area (Å²) < 4.78 is 0. The molecule has 6 nitrogen and oxygen atoms in total. The molecule has 1 aromatic carbocycles. The van der Waals surface area contributed by atoms with Gasteiger partial charge in [0.15, 0.2) is 5.82 Å². The third kappa shape index (κ3) is 2.68. The number of aromatic amines is 1. The number of amides is 2. The van der Waals surface area contributed by atoms with E-state index in [0.29, 0.717) is 5.92 Å². The van der Waals surface area contributed by atoms with E-state index in [4.69, 9.17) is 0 Å². The molecule has 0 radical (unpaired) electrons. The number of aromatic nitrogens is 3. The number of rotatable bonds is 3. The normalized spacial score (nSPS) is 17.7. The van der Waals surface area contributed by atoms with Gasteiger partial charge in [-0.15, -0.1) is 0 Å². The third-order valence-corrected chi connectivity index (χ3v) is 4.25. The standard InChI is InChI=1S/C16H19N5O/c22-16(21-9-1-2-10-21)17-13-7-5-12(6-8-13)15-18-14(19-20-15)11-3-4-11/h5-8,11H,1-4,9-10H2,(H,17,22)(H,18,19,20). The van der Waals surface area contributed by atoms with Crippen LogP contribution in [0.2, 0.25) is 0 Å². The lowest BCUT2D eigenvalue weighted by Crippen LogP contribution is -2.32. The Morgan fingerprint density at radius 1 is 1.18 bits per heavy atom. The summed E-state index contributed by atoms with van der Waals surface area (Å²) >= 11 is 0. The minimum atomic E-state index is -0.0147. The molecule has 0 atom stereocenters. The van der Waals surface area contributed by atoms with Gasteiger partial charge in [0.25, 0.3) is 0 Å². The zero-order chi connectivity index (χ0) is 14.9. The predicted molar refractivity (Wildman–Crippen MR) is 83.6 cm³/mol. The number of H-pyrrole nitrogens is 1. The molecule has 4 rings (SSSR count). The zero-order valence-corrected chi connectivity index (χ0v) is 12.4. The summed E-state index contributed by atoms with van der Waals surface area (Å²) in [5.41, 5.74) is 1.76. The first-order valence-corrected chi connectivity index (χ1v) is 7.88. The van der Waals surface area contributed by atoms with E-state index in [0.717, 1.165) is 48.8 Å². The van der Waals surface area contributed by atoms with Crippen LogP contribution in [0.1, 0.15) is 37.4 Å². The van der Waals surface area contributed by atoms with E-state index in [2.05, 4.69) is 20.5 Å². The first-order valence-electron chi connectivity index (χ1n) is 7.88. The van der Waals surface area contributed by atoms with Gasteiger partial charge < -0.3 is 10.2 Å². The second kappa shape index (κ2) is 5.44. The van der Waals surface area contributed by atoms with E-state index in [9.17, 15) is 4.79 Å². The molecule has 1 aromatic heterocycles. The Hall–Kier alpha value is -2.37. The van der Waals surface area contributed by atoms with Gasteiger partial charge in [0, 0.05) is 30.3 Å². The molecule has 2 aliphatic rings. The summed E-state index contributed by atoms with van der Waals surface area (Å²) in [5, 5.41) is 10.2. The smallest absolute Gasteiger partial charge is 0.321 e. The van der Waals surface area contributed by atoms with Crippen molar-refractivity contribution >= 4 is 11.7 Å². The van der Waals surface area contributed by atoms with E-state index < -0.39 is 0 Å². The number of nitrogens with one attached hydrogen (secondary N) is 2. The minimum absolute atomic E-state index is 0.0147. The van der Waals surface area contributed by atoms with Crippen LogP contribution >= 0.6 is 0 Å². The number of nitrogens with zero attached hydrogens (tertiary/aromatic N) is 3. The molecule has 2 amide bonds. The zero-order valence-electron chi connectivity index (χ0n) is 12.4. The van der Waals surface area contributed by atoms with Crippen molar-refractivity contribution in [2.75, 3.05) is 18.4 Å². The van der Waals surface area contributed by atoms with Gasteiger partial charge in [-0.25, -0.2) is 9.78 Å². The van der Waals surface area contributed by atoms with Gasteiger partial charge in [0.2, 0.25) is 0 Å². The van der Waals surface area contributed by atoms with Crippen LogP contribution in [-0.2, 0) is 0 Å². The summed E-state index contributed by atoms with van der Waals surface area (Å²) in [6, 6.07) is 7.67. The average Bonchev–Trinajstić information content (AvgIpc) is 3.05. The highest BCUT2D eigenvalue weighted by atomic mass is 16.2. The van der Waals surface area contributed by atoms with Crippen LogP contribution in [-0.4, -0.2) is 39.2 Å². The van der Waals surface area contributed by atoms with Crippen LogP contribution in [0.15, 0.2) is 24.3 Å². The van der Waals surface area contributed by atoms with Crippen LogP contribution in [0.3, 0.4) is 0 Å². The topological polar surface area (TPSA) is 73.9 Å². The number of hydrogen-bond donors (Lipinski definition) is 2. The molecule has 2 N–H and O–H groups in total. The van der Waals surface area contributed by atoms with E-state index >= 15 is 0 Å². The van der Waals surface area contributed by atoms with E-state index in [-0.39, 0.29) is 6.03 Å². The quantitative estimate of drug-likeness (QED) is 0.914. The summed E-state index contributed by atoms with van der Waals surface area (Å²) in [5.74, 6) is 2.28. The van der Waals surface area contributed by atoms with Crippen molar-refractivity contribution < 1.29 is 4.79 Å². The number of likely N-dealkylation sites (tertiary alicyclic amines) is 1. The molecule has 0 spiro atoms. The van der Waals surface area contributed by atoms with E-state index in [1.54, 1.807) is 0 Å². The van der Waals surface area contributed by atoms with Crippen molar-refractivity contribution in [1.29, 1.82) is 0 Å². The highest BCUT2D eigenvalue weighted by Crippen LogP contribution is 2.38. The number of carbonyl (C=O) groups is 1. The van der Waals surface area contributed by atoms with Gasteiger partial charge in [-0.1, -0.05) is 0 Å². The Labute approximate surface area is 128 Å². The van der Waals surface area contributed by atoms with Crippen molar-refractivity contribution in [3.8, 4) is 11.4 Å². The van der Waals surface area contributed by atoms with Gasteiger partial charge in [-0.2, -0.15) is 5.10 Å². The number of anilines is 1. The fourth-order valence-electron chi connectivity index (χ4n) is 2.77. The monoisotopic (exact) mass is 297 g/mol. The fraction of sp³-hybridized carbons (Fsp3) is 0.438. The number of urea groups is 1. The SMILES string of the molecule is O=C(Nc1ccc(-c2n[nH]c(C3CC3)n2)cc1)N1CCCC1. The summed E-state index contributed by atoms with van der Waals surface area (Å²) in [6.07, 6.45) is 4.60. The molecule has 2 heterocycles. The lowest BCUT2D eigenvalue weighted by atomic mass is 10.2. The Bertz CT molecular complexity index is 668. The maximum absolute atomic E-state index is 12.0. The molecule has 1 aliphatic carbocycles. The molecule has 2 fully saturated rings. The first kappa shape index (κ1) is 13.3. The van der Waals surface area contributed by atoms with Crippen LogP contribution in [0.4, 0.5) is 10.5 Å². The van der Waals surface area contributed by atoms with Crippen molar-refractivity contribution in [2.24, 2.45) is 0 Å². The highest BCUT2D eigenvalue weighted by molar-refractivity contribution is 5.89. The molecule has 1 saturated heterocycles. The van der Waals surface area contributed by atoms with Crippen LogP contribution in [0, 0.1) is 0 Å². The number of benzene rings is 1. The first-order chi connectivity index (χ1) is 10.8. The molecular formula is C16H19N5O. The Morgan fingerprint density at radius 2 is 1.91 bits per heavy atom. The van der Waals surface area contributed by atoms with Gasteiger partial charge in [-0.05, 0) is 49.9 Å². The van der Waals surface area contributed by atoms with Crippen LogP contribution in [0.5, 0.6) is 0 Å². The summed E-state index contributed by atoms with van der Waals surface area (Å²) in [4.78, 5) is 18.4. The third-order valence-electron chi connectivity index (χ3n) is 4.25. The molecule has 1 aliphatic heterocycles. The Balaban J connectivity index is 1.44.